The first-order valence-electron chi connectivity index (χ1n) is 11.2. The monoisotopic (exact) mass is 521 g/mol. The summed E-state index contributed by atoms with van der Waals surface area (Å²) in [6.45, 7) is 4.10. The maximum atomic E-state index is 14.5. The minimum absolute atomic E-state index is 0.000581. The van der Waals surface area contributed by atoms with Crippen LogP contribution in [0.25, 0.3) is 22.6 Å². The van der Waals surface area contributed by atoms with E-state index in [9.17, 15) is 9.18 Å². The van der Waals surface area contributed by atoms with Gasteiger partial charge in [0, 0.05) is 11.3 Å². The van der Waals surface area contributed by atoms with Crippen LogP contribution in [-0.2, 0) is 17.7 Å². The third-order valence-electron chi connectivity index (χ3n) is 5.23. The van der Waals surface area contributed by atoms with E-state index < -0.39 is 18.3 Å². The van der Waals surface area contributed by atoms with Crippen LogP contribution in [0.5, 0.6) is 0 Å². The Labute approximate surface area is 210 Å². The molecule has 4 aromatic heterocycles. The fraction of sp³-hybridized carbons (Fsp3) is 0.391. The molecule has 0 aliphatic heterocycles. The van der Waals surface area contributed by atoms with Gasteiger partial charge in [-0.25, -0.2) is 19.2 Å². The number of aromatic nitrogens is 3. The van der Waals surface area contributed by atoms with Gasteiger partial charge in [-0.2, -0.15) is 4.98 Å². The van der Waals surface area contributed by atoms with Crippen molar-refractivity contribution >= 4 is 45.9 Å². The van der Waals surface area contributed by atoms with Crippen molar-refractivity contribution < 1.29 is 22.8 Å². The average Bonchev–Trinajstić information content (AvgIpc) is 3.58. The van der Waals surface area contributed by atoms with Crippen molar-refractivity contribution in [3.63, 3.8) is 0 Å². The topological polar surface area (TPSA) is 115 Å². The van der Waals surface area contributed by atoms with Crippen molar-refractivity contribution in [2.24, 2.45) is 0 Å². The van der Waals surface area contributed by atoms with E-state index in [2.05, 4.69) is 25.6 Å². The summed E-state index contributed by atoms with van der Waals surface area (Å²) < 4.78 is 31.3. The summed E-state index contributed by atoms with van der Waals surface area (Å²) in [5.41, 5.74) is 1.11. The number of carbonyl (C=O) groups excluding carboxylic acids is 1. The van der Waals surface area contributed by atoms with E-state index in [-0.39, 0.29) is 24.2 Å². The molecule has 0 bridgehead atoms. The maximum Gasteiger partial charge on any atom is 0.407 e. The molecule has 2 N–H and O–H groups in total. The Bertz CT molecular complexity index is 1250. The van der Waals surface area contributed by atoms with Gasteiger partial charge in [-0.1, -0.05) is 19.4 Å². The number of ether oxygens (including phenoxy) is 1. The second-order valence-electron chi connectivity index (χ2n) is 7.81. The molecule has 0 aliphatic rings. The van der Waals surface area contributed by atoms with E-state index in [1.54, 1.807) is 11.3 Å². The summed E-state index contributed by atoms with van der Waals surface area (Å²) in [4.78, 5) is 26.1. The highest BCUT2D eigenvalue weighted by Crippen LogP contribution is 2.37. The number of amides is 1. The molecule has 4 rings (SSSR count). The lowest BCUT2D eigenvalue weighted by Crippen LogP contribution is -2.42. The van der Waals surface area contributed by atoms with Crippen molar-refractivity contribution in [3.8, 4) is 11.5 Å². The van der Waals surface area contributed by atoms with E-state index in [0.29, 0.717) is 34.8 Å². The normalized spacial score (nSPS) is 13.0. The first-order chi connectivity index (χ1) is 17.0. The number of alkyl carbamates (subject to hydrolysis) is 1. The molecule has 0 saturated heterocycles. The number of hydrogen-bond acceptors (Lipinski definition) is 9. The molecule has 1 amide bonds. The number of thiophene rings is 1. The smallest absolute Gasteiger partial charge is 0.407 e. The zero-order valence-electron chi connectivity index (χ0n) is 19.2. The average molecular weight is 522 g/mol. The Morgan fingerprint density at radius 1 is 1.37 bits per heavy atom. The third-order valence-corrected chi connectivity index (χ3v) is 6.28. The van der Waals surface area contributed by atoms with Gasteiger partial charge in [0.1, 0.15) is 29.3 Å². The lowest BCUT2D eigenvalue weighted by Gasteiger charge is -2.19. The number of alkyl halides is 1. The van der Waals surface area contributed by atoms with E-state index in [1.807, 2.05) is 24.4 Å². The fourth-order valence-electron chi connectivity index (χ4n) is 3.44. The molecule has 4 aromatic rings. The van der Waals surface area contributed by atoms with E-state index in [0.717, 1.165) is 17.7 Å². The molecule has 0 fully saturated rings. The van der Waals surface area contributed by atoms with Gasteiger partial charge in [0.25, 0.3) is 0 Å². The number of oxazole rings is 1. The van der Waals surface area contributed by atoms with Crippen molar-refractivity contribution in [1.82, 2.24) is 20.3 Å². The van der Waals surface area contributed by atoms with Crippen LogP contribution >= 0.6 is 22.9 Å². The molecule has 0 unspecified atom stereocenters. The Hall–Kier alpha value is -3.18. The van der Waals surface area contributed by atoms with Gasteiger partial charge in [0.15, 0.2) is 11.4 Å². The number of unbranched alkanes of at least 4 members (excludes halogenated alkanes) is 1. The lowest BCUT2D eigenvalue weighted by atomic mass is 10.0. The summed E-state index contributed by atoms with van der Waals surface area (Å²) in [5, 5.41) is 7.78. The summed E-state index contributed by atoms with van der Waals surface area (Å²) >= 11 is 7.82. The quantitative estimate of drug-likeness (QED) is 0.182. The Morgan fingerprint density at radius 2 is 2.23 bits per heavy atom. The van der Waals surface area contributed by atoms with Gasteiger partial charge in [-0.15, -0.1) is 11.3 Å². The van der Waals surface area contributed by atoms with Gasteiger partial charge in [-0.3, -0.25) is 0 Å². The van der Waals surface area contributed by atoms with E-state index in [1.165, 1.54) is 19.4 Å². The molecule has 4 heterocycles. The van der Waals surface area contributed by atoms with Crippen LogP contribution in [0.2, 0.25) is 5.28 Å². The van der Waals surface area contributed by atoms with Crippen molar-refractivity contribution in [2.75, 3.05) is 11.9 Å². The second kappa shape index (κ2) is 11.5. The third kappa shape index (κ3) is 6.09. The molecule has 0 spiro atoms. The molecule has 0 aliphatic carbocycles. The van der Waals surface area contributed by atoms with Crippen LogP contribution in [0.1, 0.15) is 37.3 Å². The first-order valence-corrected chi connectivity index (χ1v) is 12.4. The number of furan rings is 1. The Kier molecular flexibility index (Phi) is 8.19. The van der Waals surface area contributed by atoms with Crippen molar-refractivity contribution in [3.05, 3.63) is 45.9 Å². The maximum absolute atomic E-state index is 14.5. The molecule has 0 saturated carbocycles. The Morgan fingerprint density at radius 3 is 2.91 bits per heavy atom. The highest BCUT2D eigenvalue weighted by molar-refractivity contribution is 7.09. The molecular weight excluding hydrogens is 497 g/mol. The minimum Gasteiger partial charge on any atom is -0.455 e. The highest BCUT2D eigenvalue weighted by atomic mass is 35.5. The van der Waals surface area contributed by atoms with Crippen LogP contribution in [0, 0.1) is 0 Å². The fourth-order valence-corrected chi connectivity index (χ4v) is 4.25. The van der Waals surface area contributed by atoms with Crippen LogP contribution in [0.3, 0.4) is 0 Å². The van der Waals surface area contributed by atoms with Gasteiger partial charge in [-0.05, 0) is 36.4 Å². The minimum atomic E-state index is -1.40. The molecular formula is C23H25ClFN5O4S. The van der Waals surface area contributed by atoms with Crippen LogP contribution in [0.4, 0.5) is 15.0 Å². The number of nitrogens with one attached hydrogen (secondary N) is 2. The molecule has 9 nitrogen and oxygen atoms in total. The zero-order valence-corrected chi connectivity index (χ0v) is 20.8. The van der Waals surface area contributed by atoms with Crippen LogP contribution in [-0.4, -0.2) is 39.9 Å². The van der Waals surface area contributed by atoms with Gasteiger partial charge in [0.2, 0.25) is 11.2 Å². The lowest BCUT2D eigenvalue weighted by molar-refractivity contribution is 0.133. The first kappa shape index (κ1) is 24.9. The molecule has 0 aromatic carbocycles. The summed E-state index contributed by atoms with van der Waals surface area (Å²) in [5.74, 6) is 0.930. The predicted octanol–water partition coefficient (Wildman–Crippen LogP) is 6.00. The van der Waals surface area contributed by atoms with Gasteiger partial charge < -0.3 is 24.2 Å². The number of anilines is 1. The number of fused-ring (bicyclic) bond motifs is 1. The molecule has 186 valence electrons. The van der Waals surface area contributed by atoms with Crippen LogP contribution < -0.4 is 10.6 Å². The van der Waals surface area contributed by atoms with E-state index in [4.69, 9.17) is 25.2 Å². The van der Waals surface area contributed by atoms with E-state index >= 15 is 0 Å². The summed E-state index contributed by atoms with van der Waals surface area (Å²) in [6.07, 6.45) is 2.40. The van der Waals surface area contributed by atoms with Crippen LogP contribution in [0.15, 0.2) is 38.8 Å². The van der Waals surface area contributed by atoms with Crippen molar-refractivity contribution in [1.29, 1.82) is 0 Å². The number of carbonyl (C=O) groups is 1. The predicted molar refractivity (Wildman–Crippen MR) is 131 cm³/mol. The number of nitrogens with zero attached hydrogens (tertiary/aromatic N) is 3. The number of rotatable bonds is 11. The Balaban J connectivity index is 1.68. The largest absolute Gasteiger partial charge is 0.455 e. The summed E-state index contributed by atoms with van der Waals surface area (Å²) in [6, 6.07) is 3.01. The SMILES string of the molecule is CCCCOC(=O)N[C@H](Cc1oc2c(NCc3cccs3)nc(Cl)nc2c1-c1ncco1)[C@H](C)F. The van der Waals surface area contributed by atoms with Gasteiger partial charge in [0.05, 0.1) is 25.4 Å². The molecule has 2 atom stereocenters. The second-order valence-corrected chi connectivity index (χ2v) is 9.18. The molecule has 12 heteroatoms. The summed E-state index contributed by atoms with van der Waals surface area (Å²) in [7, 11) is 0. The standard InChI is InChI=1S/C23H25ClFN5O4S/c1-3-4-8-33-23(31)28-15(13(2)25)11-16-17(21-26-7-9-32-21)18-19(34-16)20(30-22(24)29-18)27-12-14-6-5-10-35-14/h5-7,9-10,13,15H,3-4,8,11-12H2,1-2H3,(H,28,31)(H,27,29,30)/t13-,15+/m0/s1. The molecule has 0 radical (unpaired) electrons. The highest BCUT2D eigenvalue weighted by Gasteiger charge is 2.29. The van der Waals surface area contributed by atoms with Crippen molar-refractivity contribution in [2.45, 2.75) is 51.9 Å². The number of halogens is 2. The number of hydrogen-bond donors (Lipinski definition) is 2. The molecule has 35 heavy (non-hydrogen) atoms. The van der Waals surface area contributed by atoms with Gasteiger partial charge >= 0.3 is 6.09 Å². The zero-order chi connectivity index (χ0) is 24.8.